The molecule has 0 bridgehead atoms. The monoisotopic (exact) mass is 399 g/mol. The molecule has 4 rings (SSSR count). The summed E-state index contributed by atoms with van der Waals surface area (Å²) in [7, 11) is 1.66. The van der Waals surface area contributed by atoms with Crippen LogP contribution in [-0.2, 0) is 9.53 Å². The van der Waals surface area contributed by atoms with Gasteiger partial charge in [-0.3, -0.25) is 4.79 Å². The van der Waals surface area contributed by atoms with Crippen molar-refractivity contribution in [3.63, 3.8) is 0 Å². The molecule has 1 aliphatic heterocycles. The largest absolute Gasteiger partial charge is 0.509 e. The fraction of sp³-hybridized carbons (Fsp3) is 0.348. The van der Waals surface area contributed by atoms with Crippen molar-refractivity contribution in [2.45, 2.75) is 44.2 Å². The number of hydrogen-bond donors (Lipinski definition) is 2. The fourth-order valence-corrected chi connectivity index (χ4v) is 4.39. The molecule has 152 valence electrons. The molecule has 1 aliphatic carbocycles. The maximum atomic E-state index is 14.3. The number of hydrogen-bond acceptors (Lipinski definition) is 3. The number of methoxy groups -OCH3 is 1. The molecule has 0 atom stereocenters. The van der Waals surface area contributed by atoms with Gasteiger partial charge in [0.05, 0.1) is 17.2 Å². The number of amides is 1. The van der Waals surface area contributed by atoms with Crippen LogP contribution in [0.15, 0.2) is 42.2 Å². The van der Waals surface area contributed by atoms with E-state index >= 15 is 0 Å². The van der Waals surface area contributed by atoms with Gasteiger partial charge in [0.2, 0.25) is 0 Å². The number of aliphatic hydroxyl groups is 1. The van der Waals surface area contributed by atoms with Gasteiger partial charge in [0.25, 0.3) is 5.91 Å². The zero-order valence-electron chi connectivity index (χ0n) is 16.4. The summed E-state index contributed by atoms with van der Waals surface area (Å²) in [4.78, 5) is 12.8. The maximum Gasteiger partial charge on any atom is 0.256 e. The number of halogens is 2. The molecule has 2 aromatic rings. The number of aryl methyl sites for hydroxylation is 1. The highest BCUT2D eigenvalue weighted by atomic mass is 19.1. The second-order valence-corrected chi connectivity index (χ2v) is 7.85. The van der Waals surface area contributed by atoms with Gasteiger partial charge in [0.15, 0.2) is 0 Å². The summed E-state index contributed by atoms with van der Waals surface area (Å²) in [6.07, 6.45) is 2.77. The van der Waals surface area contributed by atoms with Crippen molar-refractivity contribution in [3.8, 4) is 11.1 Å². The lowest BCUT2D eigenvalue weighted by molar-refractivity contribution is -0.116. The molecule has 0 saturated heterocycles. The average Bonchev–Trinajstić information content (AvgIpc) is 2.94. The van der Waals surface area contributed by atoms with Crippen LogP contribution in [0.1, 0.15) is 36.8 Å². The van der Waals surface area contributed by atoms with Gasteiger partial charge in [-0.2, -0.15) is 0 Å². The standard InChI is InChI=1S/C23H23F2NO3/c1-13-3-4-14(18-12-15(24)5-6-19(18)25)11-17(13)20-21(27)23(26-22(20)28)9-7-16(29-2)8-10-23/h3-6,11-12,16,27H,7-10H2,1-2H3,(H,26,28). The number of carbonyl (C=O) groups excluding carboxylic acids is 1. The predicted molar refractivity (Wildman–Crippen MR) is 106 cm³/mol. The normalized spacial score (nSPS) is 24.3. The highest BCUT2D eigenvalue weighted by Gasteiger charge is 2.48. The van der Waals surface area contributed by atoms with Crippen molar-refractivity contribution in [1.29, 1.82) is 0 Å². The molecule has 1 spiro atoms. The number of rotatable bonds is 3. The van der Waals surface area contributed by atoms with E-state index in [-0.39, 0.29) is 28.9 Å². The first-order chi connectivity index (χ1) is 13.8. The first kappa shape index (κ1) is 19.6. The third kappa shape index (κ3) is 3.31. The zero-order chi connectivity index (χ0) is 20.8. The highest BCUT2D eigenvalue weighted by molar-refractivity contribution is 6.23. The third-order valence-electron chi connectivity index (χ3n) is 6.14. The van der Waals surface area contributed by atoms with E-state index in [2.05, 4.69) is 5.32 Å². The van der Waals surface area contributed by atoms with Crippen molar-refractivity contribution in [1.82, 2.24) is 5.32 Å². The Labute approximate surface area is 168 Å². The summed E-state index contributed by atoms with van der Waals surface area (Å²) >= 11 is 0. The Balaban J connectivity index is 1.78. The van der Waals surface area contributed by atoms with Crippen molar-refractivity contribution in [2.24, 2.45) is 0 Å². The van der Waals surface area contributed by atoms with E-state index in [1.165, 1.54) is 0 Å². The molecule has 4 nitrogen and oxygen atoms in total. The van der Waals surface area contributed by atoms with Crippen LogP contribution in [0.5, 0.6) is 0 Å². The van der Waals surface area contributed by atoms with E-state index in [1.807, 2.05) is 6.92 Å². The molecule has 2 N–H and O–H groups in total. The summed E-state index contributed by atoms with van der Waals surface area (Å²) in [6, 6.07) is 8.33. The van der Waals surface area contributed by atoms with Gasteiger partial charge in [-0.25, -0.2) is 8.78 Å². The lowest BCUT2D eigenvalue weighted by atomic mass is 9.79. The van der Waals surface area contributed by atoms with Crippen molar-refractivity contribution in [2.75, 3.05) is 7.11 Å². The molecule has 1 heterocycles. The number of ether oxygens (including phenoxy) is 1. The SMILES string of the molecule is COC1CCC2(CC1)NC(=O)C(c1cc(-c3cc(F)ccc3F)ccc1C)=C2O. The predicted octanol–water partition coefficient (Wildman–Crippen LogP) is 4.67. The molecule has 29 heavy (non-hydrogen) atoms. The van der Waals surface area contributed by atoms with E-state index in [1.54, 1.807) is 25.3 Å². The zero-order valence-corrected chi connectivity index (χ0v) is 16.4. The van der Waals surface area contributed by atoms with Crippen LogP contribution < -0.4 is 5.32 Å². The van der Waals surface area contributed by atoms with Crippen LogP contribution in [-0.4, -0.2) is 29.8 Å². The van der Waals surface area contributed by atoms with E-state index in [4.69, 9.17) is 4.74 Å². The van der Waals surface area contributed by atoms with E-state index < -0.39 is 17.2 Å². The molecular weight excluding hydrogens is 376 g/mol. The Bertz CT molecular complexity index is 1010. The van der Waals surface area contributed by atoms with Gasteiger partial charge in [0, 0.05) is 12.7 Å². The van der Waals surface area contributed by atoms with Crippen LogP contribution in [0.2, 0.25) is 0 Å². The second kappa shape index (κ2) is 7.26. The van der Waals surface area contributed by atoms with Crippen LogP contribution in [0.25, 0.3) is 16.7 Å². The van der Waals surface area contributed by atoms with Gasteiger partial charge < -0.3 is 15.2 Å². The van der Waals surface area contributed by atoms with Gasteiger partial charge in [0.1, 0.15) is 17.4 Å². The fourth-order valence-electron chi connectivity index (χ4n) is 4.39. The Morgan fingerprint density at radius 1 is 1.10 bits per heavy atom. The first-order valence-electron chi connectivity index (χ1n) is 9.70. The Hall–Kier alpha value is -2.73. The molecule has 0 radical (unpaired) electrons. The summed E-state index contributed by atoms with van der Waals surface area (Å²) < 4.78 is 33.3. The van der Waals surface area contributed by atoms with Crippen LogP contribution >= 0.6 is 0 Å². The topological polar surface area (TPSA) is 58.6 Å². The van der Waals surface area contributed by atoms with Gasteiger partial charge >= 0.3 is 0 Å². The van der Waals surface area contributed by atoms with E-state index in [0.29, 0.717) is 24.0 Å². The van der Waals surface area contributed by atoms with Gasteiger partial charge in [-0.05, 0) is 73.6 Å². The average molecular weight is 399 g/mol. The van der Waals surface area contributed by atoms with Crippen LogP contribution in [0.4, 0.5) is 8.78 Å². The van der Waals surface area contributed by atoms with Crippen molar-refractivity contribution >= 4 is 11.5 Å². The van der Waals surface area contributed by atoms with Crippen molar-refractivity contribution in [3.05, 3.63) is 64.9 Å². The Kier molecular flexibility index (Phi) is 4.90. The van der Waals surface area contributed by atoms with Crippen LogP contribution in [0, 0.1) is 18.6 Å². The maximum absolute atomic E-state index is 14.3. The third-order valence-corrected chi connectivity index (χ3v) is 6.14. The van der Waals surface area contributed by atoms with Gasteiger partial charge in [-0.1, -0.05) is 12.1 Å². The lowest BCUT2D eigenvalue weighted by Crippen LogP contribution is -2.48. The van der Waals surface area contributed by atoms with E-state index in [0.717, 1.165) is 36.6 Å². The first-order valence-corrected chi connectivity index (χ1v) is 9.70. The number of nitrogens with one attached hydrogen (secondary N) is 1. The quantitative estimate of drug-likeness (QED) is 0.789. The smallest absolute Gasteiger partial charge is 0.256 e. The van der Waals surface area contributed by atoms with Gasteiger partial charge in [-0.15, -0.1) is 0 Å². The molecule has 6 heteroatoms. The molecule has 1 saturated carbocycles. The molecule has 1 fully saturated rings. The summed E-state index contributed by atoms with van der Waals surface area (Å²) in [5.74, 6) is -1.42. The van der Waals surface area contributed by atoms with Crippen LogP contribution in [0.3, 0.4) is 0 Å². The molecule has 0 unspecified atom stereocenters. The lowest BCUT2D eigenvalue weighted by Gasteiger charge is -2.36. The summed E-state index contributed by atoms with van der Waals surface area (Å²) in [5, 5.41) is 14.0. The highest BCUT2D eigenvalue weighted by Crippen LogP contribution is 2.43. The Morgan fingerprint density at radius 3 is 2.52 bits per heavy atom. The minimum absolute atomic E-state index is 0.0250. The minimum Gasteiger partial charge on any atom is -0.509 e. The van der Waals surface area contributed by atoms with E-state index in [9.17, 15) is 18.7 Å². The second-order valence-electron chi connectivity index (χ2n) is 7.85. The number of aliphatic hydroxyl groups excluding tert-OH is 1. The molecule has 1 amide bonds. The molecular formula is C23H23F2NO3. The molecule has 2 aliphatic rings. The number of benzene rings is 2. The summed E-state index contributed by atoms with van der Waals surface area (Å²) in [6.45, 7) is 1.82. The summed E-state index contributed by atoms with van der Waals surface area (Å²) in [5.41, 5.74) is 1.27. The molecule has 2 aromatic carbocycles. The minimum atomic E-state index is -0.784. The number of carbonyl (C=O) groups is 1. The molecule has 0 aromatic heterocycles. The van der Waals surface area contributed by atoms with Crippen molar-refractivity contribution < 1.29 is 23.4 Å². The Morgan fingerprint density at radius 2 is 1.83 bits per heavy atom.